The monoisotopic (exact) mass is 292 g/mol. The molecule has 1 heterocycles. The Morgan fingerprint density at radius 2 is 1.73 bits per heavy atom. The number of aromatic amines is 1. The SMILES string of the molecule is CC(C)Cc1ccc(-c2c(C#N)c(N)[nH]c(=O)c2C#N)cc1. The van der Waals surface area contributed by atoms with Crippen LogP contribution in [0.15, 0.2) is 29.1 Å². The Morgan fingerprint density at radius 3 is 2.23 bits per heavy atom. The second-order valence-corrected chi connectivity index (χ2v) is 5.51. The molecule has 110 valence electrons. The second kappa shape index (κ2) is 6.15. The van der Waals surface area contributed by atoms with Crippen molar-refractivity contribution in [1.82, 2.24) is 4.98 Å². The number of hydrogen-bond donors (Lipinski definition) is 2. The standard InChI is InChI=1S/C17H16N4O/c1-10(2)7-11-3-5-12(6-4-11)15-13(8-18)16(20)21-17(22)14(15)9-19/h3-6,10H,7H2,1-2H3,(H3,20,21,22). The number of benzene rings is 1. The Kier molecular flexibility index (Phi) is 4.29. The molecule has 0 bridgehead atoms. The lowest BCUT2D eigenvalue weighted by atomic mass is 9.94. The maximum absolute atomic E-state index is 11.9. The van der Waals surface area contributed by atoms with E-state index in [1.807, 2.05) is 36.4 Å². The molecule has 0 aliphatic rings. The number of hydrogen-bond acceptors (Lipinski definition) is 4. The van der Waals surface area contributed by atoms with E-state index in [9.17, 15) is 15.3 Å². The van der Waals surface area contributed by atoms with Crippen LogP contribution in [0.4, 0.5) is 5.82 Å². The summed E-state index contributed by atoms with van der Waals surface area (Å²) in [5.74, 6) is 0.512. The fraction of sp³-hybridized carbons (Fsp3) is 0.235. The number of nitriles is 2. The van der Waals surface area contributed by atoms with E-state index in [0.29, 0.717) is 17.0 Å². The number of nitrogens with two attached hydrogens (primary N) is 1. The molecule has 0 aliphatic carbocycles. The second-order valence-electron chi connectivity index (χ2n) is 5.51. The Labute approximate surface area is 128 Å². The van der Waals surface area contributed by atoms with Crippen molar-refractivity contribution < 1.29 is 0 Å². The lowest BCUT2D eigenvalue weighted by Gasteiger charge is -2.10. The maximum Gasteiger partial charge on any atom is 0.268 e. The summed E-state index contributed by atoms with van der Waals surface area (Å²) >= 11 is 0. The number of H-pyrrole nitrogens is 1. The van der Waals surface area contributed by atoms with Crippen molar-refractivity contribution >= 4 is 5.82 Å². The predicted molar refractivity (Wildman–Crippen MR) is 84.9 cm³/mol. The third kappa shape index (κ3) is 2.84. The van der Waals surface area contributed by atoms with Crippen molar-refractivity contribution in [2.75, 3.05) is 5.73 Å². The fourth-order valence-electron chi connectivity index (χ4n) is 2.41. The first-order valence-electron chi connectivity index (χ1n) is 6.93. The minimum Gasteiger partial charge on any atom is -0.384 e. The normalized spacial score (nSPS) is 10.2. The zero-order valence-electron chi connectivity index (χ0n) is 12.5. The molecule has 0 saturated carbocycles. The van der Waals surface area contributed by atoms with Crippen LogP contribution in [-0.2, 0) is 6.42 Å². The number of anilines is 1. The van der Waals surface area contributed by atoms with Crippen LogP contribution in [0, 0.1) is 28.6 Å². The highest BCUT2D eigenvalue weighted by Crippen LogP contribution is 2.28. The minimum atomic E-state index is -0.583. The first-order chi connectivity index (χ1) is 10.5. The molecule has 5 nitrogen and oxygen atoms in total. The topological polar surface area (TPSA) is 106 Å². The average molecular weight is 292 g/mol. The molecule has 1 aromatic carbocycles. The van der Waals surface area contributed by atoms with E-state index in [-0.39, 0.29) is 16.9 Å². The van der Waals surface area contributed by atoms with Gasteiger partial charge < -0.3 is 10.7 Å². The number of pyridine rings is 1. The zero-order valence-corrected chi connectivity index (χ0v) is 12.5. The van der Waals surface area contributed by atoms with Crippen LogP contribution in [0.25, 0.3) is 11.1 Å². The van der Waals surface area contributed by atoms with Gasteiger partial charge in [-0.05, 0) is 23.5 Å². The van der Waals surface area contributed by atoms with Gasteiger partial charge >= 0.3 is 0 Å². The smallest absolute Gasteiger partial charge is 0.268 e. The Morgan fingerprint density at radius 1 is 1.14 bits per heavy atom. The van der Waals surface area contributed by atoms with E-state index >= 15 is 0 Å². The van der Waals surface area contributed by atoms with Gasteiger partial charge in [0.15, 0.2) is 0 Å². The number of aromatic nitrogens is 1. The van der Waals surface area contributed by atoms with Crippen LogP contribution in [-0.4, -0.2) is 4.98 Å². The Balaban J connectivity index is 2.65. The molecule has 0 atom stereocenters. The number of nitrogen functional groups attached to an aromatic ring is 1. The van der Waals surface area contributed by atoms with E-state index in [0.717, 1.165) is 12.0 Å². The van der Waals surface area contributed by atoms with E-state index in [1.165, 1.54) is 0 Å². The van der Waals surface area contributed by atoms with Gasteiger partial charge in [0, 0.05) is 5.56 Å². The zero-order chi connectivity index (χ0) is 16.3. The molecule has 0 unspecified atom stereocenters. The van der Waals surface area contributed by atoms with Crippen LogP contribution in [0.1, 0.15) is 30.5 Å². The van der Waals surface area contributed by atoms with Crippen LogP contribution < -0.4 is 11.3 Å². The lowest BCUT2D eigenvalue weighted by Crippen LogP contribution is -2.16. The predicted octanol–water partition coefficient (Wildman–Crippen LogP) is 2.57. The molecule has 5 heteroatoms. The molecule has 0 aliphatic heterocycles. The average Bonchev–Trinajstić information content (AvgIpc) is 2.47. The summed E-state index contributed by atoms with van der Waals surface area (Å²) in [6.07, 6.45) is 0.938. The molecule has 0 fully saturated rings. The molecule has 3 N–H and O–H groups in total. The molecule has 22 heavy (non-hydrogen) atoms. The van der Waals surface area contributed by atoms with Gasteiger partial charge in [0.25, 0.3) is 5.56 Å². The summed E-state index contributed by atoms with van der Waals surface area (Å²) in [7, 11) is 0. The Hall–Kier alpha value is -3.05. The molecule has 1 aromatic heterocycles. The maximum atomic E-state index is 11.9. The summed E-state index contributed by atoms with van der Waals surface area (Å²) in [5.41, 5.74) is 7.23. The minimum absolute atomic E-state index is 0.0206. The summed E-state index contributed by atoms with van der Waals surface area (Å²) in [6.45, 7) is 4.26. The highest BCUT2D eigenvalue weighted by molar-refractivity contribution is 5.80. The quantitative estimate of drug-likeness (QED) is 0.906. The molecule has 2 rings (SSSR count). The van der Waals surface area contributed by atoms with Gasteiger partial charge in [0.05, 0.1) is 0 Å². The highest BCUT2D eigenvalue weighted by Gasteiger charge is 2.17. The first-order valence-corrected chi connectivity index (χ1v) is 6.93. The third-order valence-electron chi connectivity index (χ3n) is 3.35. The van der Waals surface area contributed by atoms with Crippen LogP contribution >= 0.6 is 0 Å². The van der Waals surface area contributed by atoms with Crippen molar-refractivity contribution in [2.24, 2.45) is 5.92 Å². The third-order valence-corrected chi connectivity index (χ3v) is 3.35. The van der Waals surface area contributed by atoms with Gasteiger partial charge in [-0.3, -0.25) is 4.79 Å². The van der Waals surface area contributed by atoms with E-state index in [1.54, 1.807) is 0 Å². The van der Waals surface area contributed by atoms with Gasteiger partial charge in [0.2, 0.25) is 0 Å². The van der Waals surface area contributed by atoms with E-state index in [4.69, 9.17) is 5.73 Å². The van der Waals surface area contributed by atoms with Crippen LogP contribution in [0.5, 0.6) is 0 Å². The number of rotatable bonds is 3. The molecular weight excluding hydrogens is 276 g/mol. The molecule has 0 amide bonds. The first kappa shape index (κ1) is 15.3. The molecule has 0 saturated heterocycles. The van der Waals surface area contributed by atoms with Crippen LogP contribution in [0.3, 0.4) is 0 Å². The number of nitrogens with one attached hydrogen (secondary N) is 1. The summed E-state index contributed by atoms with van der Waals surface area (Å²) < 4.78 is 0. The van der Waals surface area contributed by atoms with Crippen molar-refractivity contribution in [3.63, 3.8) is 0 Å². The summed E-state index contributed by atoms with van der Waals surface area (Å²) in [4.78, 5) is 14.2. The molecule has 2 aromatic rings. The van der Waals surface area contributed by atoms with Crippen molar-refractivity contribution in [1.29, 1.82) is 10.5 Å². The highest BCUT2D eigenvalue weighted by atomic mass is 16.1. The van der Waals surface area contributed by atoms with Gasteiger partial charge in [0.1, 0.15) is 29.1 Å². The van der Waals surface area contributed by atoms with Crippen molar-refractivity contribution in [2.45, 2.75) is 20.3 Å². The summed E-state index contributed by atoms with van der Waals surface area (Å²) in [6, 6.07) is 11.3. The fourth-order valence-corrected chi connectivity index (χ4v) is 2.41. The molecular formula is C17H16N4O. The lowest BCUT2D eigenvalue weighted by molar-refractivity contribution is 0.647. The van der Waals surface area contributed by atoms with Crippen molar-refractivity contribution in [3.8, 4) is 23.3 Å². The van der Waals surface area contributed by atoms with Crippen LogP contribution in [0.2, 0.25) is 0 Å². The van der Waals surface area contributed by atoms with E-state index in [2.05, 4.69) is 18.8 Å². The number of nitrogens with zero attached hydrogens (tertiary/aromatic N) is 2. The van der Waals surface area contributed by atoms with Crippen molar-refractivity contribution in [3.05, 3.63) is 51.3 Å². The Bertz CT molecular complexity index is 833. The van der Waals surface area contributed by atoms with Gasteiger partial charge in [-0.1, -0.05) is 38.1 Å². The van der Waals surface area contributed by atoms with Gasteiger partial charge in [-0.25, -0.2) is 0 Å². The summed E-state index contributed by atoms with van der Waals surface area (Å²) in [5, 5.41) is 18.5. The largest absolute Gasteiger partial charge is 0.384 e. The van der Waals surface area contributed by atoms with Gasteiger partial charge in [-0.2, -0.15) is 10.5 Å². The van der Waals surface area contributed by atoms with Gasteiger partial charge in [-0.15, -0.1) is 0 Å². The molecule has 0 radical (unpaired) electrons. The van der Waals surface area contributed by atoms with E-state index < -0.39 is 5.56 Å². The molecule has 0 spiro atoms.